The van der Waals surface area contributed by atoms with Crippen molar-refractivity contribution in [1.29, 1.82) is 0 Å². The molecule has 0 fully saturated rings. The lowest BCUT2D eigenvalue weighted by Crippen LogP contribution is -2.47. The Kier molecular flexibility index (Phi) is 7.29. The first kappa shape index (κ1) is 23.2. The maximum atomic E-state index is 13.7. The molecule has 172 valence electrons. The van der Waals surface area contributed by atoms with Crippen molar-refractivity contribution in [3.05, 3.63) is 93.2 Å². The van der Waals surface area contributed by atoms with Crippen LogP contribution >= 0.6 is 11.3 Å². The second-order valence-electron chi connectivity index (χ2n) is 9.28. The molecule has 1 atom stereocenters. The summed E-state index contributed by atoms with van der Waals surface area (Å²) in [7, 11) is 0. The number of carbonyl (C=O) groups is 2. The van der Waals surface area contributed by atoms with Gasteiger partial charge in [0, 0.05) is 18.0 Å². The molecule has 1 unspecified atom stereocenters. The quantitative estimate of drug-likeness (QED) is 0.483. The largest absolute Gasteiger partial charge is 0.333 e. The van der Waals surface area contributed by atoms with Crippen LogP contribution in [0.2, 0.25) is 0 Å². The molecule has 0 radical (unpaired) electrons. The Morgan fingerprint density at radius 2 is 1.79 bits per heavy atom. The van der Waals surface area contributed by atoms with Gasteiger partial charge in [-0.25, -0.2) is 0 Å². The van der Waals surface area contributed by atoms with E-state index in [1.165, 1.54) is 16.0 Å². The second kappa shape index (κ2) is 10.3. The fourth-order valence-corrected chi connectivity index (χ4v) is 5.43. The SMILES string of the molecule is Cc1ccc(C2c3ccsc3CCN2C(=O)CN(CC(C)C)C(=O)Cc2ccccc2)cc1. The minimum atomic E-state index is -0.0989. The number of rotatable bonds is 7. The Hall–Kier alpha value is -2.92. The van der Waals surface area contributed by atoms with Crippen LogP contribution in [0.1, 0.15) is 47.0 Å². The molecular formula is C28H32N2O2S. The monoisotopic (exact) mass is 460 g/mol. The number of hydrogen-bond acceptors (Lipinski definition) is 3. The Morgan fingerprint density at radius 3 is 2.48 bits per heavy atom. The summed E-state index contributed by atoms with van der Waals surface area (Å²) in [5.74, 6) is 0.304. The molecule has 0 saturated heterocycles. The van der Waals surface area contributed by atoms with Crippen molar-refractivity contribution in [3.63, 3.8) is 0 Å². The van der Waals surface area contributed by atoms with Crippen LogP contribution in [0.5, 0.6) is 0 Å². The number of thiophene rings is 1. The highest BCUT2D eigenvalue weighted by molar-refractivity contribution is 7.10. The smallest absolute Gasteiger partial charge is 0.242 e. The molecule has 5 heteroatoms. The van der Waals surface area contributed by atoms with Gasteiger partial charge in [-0.05, 0) is 47.4 Å². The van der Waals surface area contributed by atoms with Crippen molar-refractivity contribution in [2.45, 2.75) is 39.7 Å². The standard InChI is InChI=1S/C28H32N2O2S/c1-20(2)18-29(26(31)17-22-7-5-4-6-8-22)19-27(32)30-15-13-25-24(14-16-33-25)28(30)23-11-9-21(3)10-12-23/h4-12,14,16,20,28H,13,15,17-19H2,1-3H3. The van der Waals surface area contributed by atoms with Crippen molar-refractivity contribution in [1.82, 2.24) is 9.80 Å². The predicted molar refractivity (Wildman–Crippen MR) is 134 cm³/mol. The minimum Gasteiger partial charge on any atom is -0.333 e. The summed E-state index contributed by atoms with van der Waals surface area (Å²) in [5.41, 5.74) is 4.52. The lowest BCUT2D eigenvalue weighted by Gasteiger charge is -2.38. The highest BCUT2D eigenvalue weighted by Crippen LogP contribution is 2.38. The van der Waals surface area contributed by atoms with Gasteiger partial charge in [-0.1, -0.05) is 74.0 Å². The van der Waals surface area contributed by atoms with E-state index in [0.29, 0.717) is 19.5 Å². The third-order valence-corrected chi connectivity index (χ3v) is 7.14. The summed E-state index contributed by atoms with van der Waals surface area (Å²) in [6.07, 6.45) is 1.18. The maximum Gasteiger partial charge on any atom is 0.242 e. The average Bonchev–Trinajstić information content (AvgIpc) is 3.28. The summed E-state index contributed by atoms with van der Waals surface area (Å²) in [4.78, 5) is 31.9. The van der Waals surface area contributed by atoms with Gasteiger partial charge in [0.2, 0.25) is 11.8 Å². The molecule has 4 rings (SSSR count). The molecule has 0 aliphatic carbocycles. The van der Waals surface area contributed by atoms with Gasteiger partial charge in [-0.2, -0.15) is 0 Å². The van der Waals surface area contributed by atoms with Crippen LogP contribution in [-0.2, 0) is 22.4 Å². The molecular weight excluding hydrogens is 428 g/mol. The van der Waals surface area contributed by atoms with E-state index < -0.39 is 0 Å². The zero-order chi connectivity index (χ0) is 23.4. The van der Waals surface area contributed by atoms with E-state index in [-0.39, 0.29) is 30.3 Å². The van der Waals surface area contributed by atoms with E-state index in [1.807, 2.05) is 35.2 Å². The van der Waals surface area contributed by atoms with Crippen LogP contribution in [0, 0.1) is 12.8 Å². The van der Waals surface area contributed by atoms with Crippen molar-refractivity contribution in [2.24, 2.45) is 5.92 Å². The highest BCUT2D eigenvalue weighted by Gasteiger charge is 2.34. The predicted octanol–water partition coefficient (Wildman–Crippen LogP) is 5.26. The van der Waals surface area contributed by atoms with E-state index in [9.17, 15) is 9.59 Å². The number of amides is 2. The summed E-state index contributed by atoms with van der Waals surface area (Å²) in [6, 6.07) is 20.3. The van der Waals surface area contributed by atoms with Gasteiger partial charge in [0.05, 0.1) is 19.0 Å². The number of benzene rings is 2. The van der Waals surface area contributed by atoms with Crippen LogP contribution < -0.4 is 0 Å². The number of aryl methyl sites for hydroxylation is 1. The number of nitrogens with zero attached hydrogens (tertiary/aromatic N) is 2. The van der Waals surface area contributed by atoms with Crippen LogP contribution in [0.4, 0.5) is 0 Å². The molecule has 1 aliphatic heterocycles. The van der Waals surface area contributed by atoms with Gasteiger partial charge in [0.25, 0.3) is 0 Å². The zero-order valence-corrected chi connectivity index (χ0v) is 20.5. The van der Waals surface area contributed by atoms with E-state index in [0.717, 1.165) is 17.5 Å². The molecule has 1 aliphatic rings. The molecule has 0 spiro atoms. The number of fused-ring (bicyclic) bond motifs is 1. The van der Waals surface area contributed by atoms with Crippen LogP contribution in [0.3, 0.4) is 0 Å². The molecule has 2 heterocycles. The highest BCUT2D eigenvalue weighted by atomic mass is 32.1. The lowest BCUT2D eigenvalue weighted by molar-refractivity contribution is -0.141. The Morgan fingerprint density at radius 1 is 1.06 bits per heavy atom. The molecule has 0 saturated carbocycles. The molecule has 4 nitrogen and oxygen atoms in total. The van der Waals surface area contributed by atoms with E-state index >= 15 is 0 Å². The Balaban J connectivity index is 1.57. The molecule has 2 aromatic carbocycles. The first-order valence-electron chi connectivity index (χ1n) is 11.7. The summed E-state index contributed by atoms with van der Waals surface area (Å²) < 4.78 is 0. The lowest BCUT2D eigenvalue weighted by atomic mass is 9.92. The third kappa shape index (κ3) is 5.53. The minimum absolute atomic E-state index is 0.00312. The van der Waals surface area contributed by atoms with E-state index in [2.05, 4.69) is 56.5 Å². The van der Waals surface area contributed by atoms with Crippen LogP contribution in [0.25, 0.3) is 0 Å². The van der Waals surface area contributed by atoms with Gasteiger partial charge < -0.3 is 9.80 Å². The third-order valence-electron chi connectivity index (χ3n) is 6.14. The summed E-state index contributed by atoms with van der Waals surface area (Å²) in [6.45, 7) is 7.61. The van der Waals surface area contributed by atoms with Crippen molar-refractivity contribution in [2.75, 3.05) is 19.6 Å². The van der Waals surface area contributed by atoms with Gasteiger partial charge in [-0.3, -0.25) is 9.59 Å². The first-order chi connectivity index (χ1) is 15.9. The van der Waals surface area contributed by atoms with Gasteiger partial charge >= 0.3 is 0 Å². The zero-order valence-electron chi connectivity index (χ0n) is 19.7. The topological polar surface area (TPSA) is 40.6 Å². The van der Waals surface area contributed by atoms with Crippen LogP contribution in [0.15, 0.2) is 66.0 Å². The van der Waals surface area contributed by atoms with E-state index in [4.69, 9.17) is 0 Å². The molecule has 2 amide bonds. The molecule has 1 aromatic heterocycles. The number of carbonyl (C=O) groups excluding carboxylic acids is 2. The van der Waals surface area contributed by atoms with Gasteiger partial charge in [0.1, 0.15) is 0 Å². The maximum absolute atomic E-state index is 13.7. The summed E-state index contributed by atoms with van der Waals surface area (Å²) in [5, 5.41) is 2.12. The van der Waals surface area contributed by atoms with E-state index in [1.54, 1.807) is 16.2 Å². The van der Waals surface area contributed by atoms with Crippen LogP contribution in [-0.4, -0.2) is 41.2 Å². The fraction of sp³-hybridized carbons (Fsp3) is 0.357. The number of hydrogen-bond donors (Lipinski definition) is 0. The van der Waals surface area contributed by atoms with Crippen molar-refractivity contribution in [3.8, 4) is 0 Å². The molecule has 0 bridgehead atoms. The first-order valence-corrected chi connectivity index (χ1v) is 12.5. The molecule has 0 N–H and O–H groups in total. The van der Waals surface area contributed by atoms with Gasteiger partial charge in [0.15, 0.2) is 0 Å². The van der Waals surface area contributed by atoms with Gasteiger partial charge in [-0.15, -0.1) is 11.3 Å². The van der Waals surface area contributed by atoms with Crippen molar-refractivity contribution >= 4 is 23.2 Å². The normalized spacial score (nSPS) is 15.4. The summed E-state index contributed by atoms with van der Waals surface area (Å²) >= 11 is 1.77. The van der Waals surface area contributed by atoms with Crippen molar-refractivity contribution < 1.29 is 9.59 Å². The fourth-order valence-electron chi connectivity index (χ4n) is 4.52. The molecule has 33 heavy (non-hydrogen) atoms. The average molecular weight is 461 g/mol. The Bertz CT molecular complexity index is 1090. The Labute approximate surface area is 200 Å². The second-order valence-corrected chi connectivity index (χ2v) is 10.3. The molecule has 3 aromatic rings.